The Labute approximate surface area is 216 Å². The van der Waals surface area contributed by atoms with Crippen molar-refractivity contribution in [3.05, 3.63) is 58.6 Å². The minimum absolute atomic E-state index is 0.0866. The van der Waals surface area contributed by atoms with Gasteiger partial charge in [0.15, 0.2) is 0 Å². The van der Waals surface area contributed by atoms with Gasteiger partial charge in [-0.05, 0) is 38.6 Å². The number of halogens is 3. The standard InChI is InChI=1S/C25H28F3N5O3S/c1-4-33-5-6-35-21(13-33)14-36-20-8-17(7-18(9-20)23-29-10-15(2)37-23)22(34)32-16(3)19-11-30-24(31-12-19)25(26,27)28/h7-12,16,21H,4-6,13-14H2,1-3H3,(H,32,34)/t16?,21-/m0/s1. The fourth-order valence-corrected chi connectivity index (χ4v) is 4.61. The van der Waals surface area contributed by atoms with Crippen molar-refractivity contribution < 1.29 is 27.4 Å². The topological polar surface area (TPSA) is 89.5 Å². The second-order valence-electron chi connectivity index (χ2n) is 8.75. The molecule has 1 aromatic carbocycles. The lowest BCUT2D eigenvalue weighted by Crippen LogP contribution is -2.44. The van der Waals surface area contributed by atoms with Gasteiger partial charge in [-0.15, -0.1) is 11.3 Å². The van der Waals surface area contributed by atoms with Gasteiger partial charge in [0.1, 0.15) is 23.5 Å². The molecule has 1 aliphatic heterocycles. The number of aromatic nitrogens is 3. The van der Waals surface area contributed by atoms with E-state index in [2.05, 4.69) is 32.1 Å². The van der Waals surface area contributed by atoms with Crippen molar-refractivity contribution in [1.82, 2.24) is 25.2 Å². The number of hydrogen-bond donors (Lipinski definition) is 1. The molecule has 37 heavy (non-hydrogen) atoms. The summed E-state index contributed by atoms with van der Waals surface area (Å²) in [5, 5.41) is 3.54. The molecule has 0 radical (unpaired) electrons. The largest absolute Gasteiger partial charge is 0.491 e. The zero-order chi connectivity index (χ0) is 26.6. The third-order valence-electron chi connectivity index (χ3n) is 5.92. The zero-order valence-corrected chi connectivity index (χ0v) is 21.5. The van der Waals surface area contributed by atoms with Gasteiger partial charge in [0, 0.05) is 53.2 Å². The minimum Gasteiger partial charge on any atom is -0.491 e. The van der Waals surface area contributed by atoms with Gasteiger partial charge in [-0.1, -0.05) is 6.92 Å². The van der Waals surface area contributed by atoms with E-state index in [0.29, 0.717) is 30.1 Å². The van der Waals surface area contributed by atoms with Crippen LogP contribution in [-0.4, -0.2) is 64.7 Å². The number of nitrogens with one attached hydrogen (secondary N) is 1. The van der Waals surface area contributed by atoms with E-state index < -0.39 is 23.9 Å². The molecule has 0 saturated carbocycles. The van der Waals surface area contributed by atoms with Crippen LogP contribution in [0.1, 0.15) is 46.5 Å². The Kier molecular flexibility index (Phi) is 8.40. The van der Waals surface area contributed by atoms with E-state index in [4.69, 9.17) is 9.47 Å². The number of amides is 1. The molecule has 3 aromatic rings. The quantitative estimate of drug-likeness (QED) is 0.454. The van der Waals surface area contributed by atoms with Crippen LogP contribution in [0.25, 0.3) is 10.6 Å². The molecule has 8 nitrogen and oxygen atoms in total. The predicted molar refractivity (Wildman–Crippen MR) is 133 cm³/mol. The van der Waals surface area contributed by atoms with E-state index >= 15 is 0 Å². The van der Waals surface area contributed by atoms with Crippen LogP contribution >= 0.6 is 11.3 Å². The van der Waals surface area contributed by atoms with Crippen LogP contribution in [-0.2, 0) is 10.9 Å². The van der Waals surface area contributed by atoms with Crippen molar-refractivity contribution in [2.75, 3.05) is 32.8 Å². The first-order valence-electron chi connectivity index (χ1n) is 11.9. The number of benzene rings is 1. The van der Waals surface area contributed by atoms with Gasteiger partial charge < -0.3 is 14.8 Å². The molecule has 1 aliphatic rings. The highest BCUT2D eigenvalue weighted by Gasteiger charge is 2.34. The molecule has 1 saturated heterocycles. The molecule has 0 spiro atoms. The Morgan fingerprint density at radius 2 is 2.00 bits per heavy atom. The summed E-state index contributed by atoms with van der Waals surface area (Å²) in [5.74, 6) is -1.15. The maximum atomic E-state index is 13.1. The first-order chi connectivity index (χ1) is 17.6. The Hall–Kier alpha value is -3.09. The van der Waals surface area contributed by atoms with Crippen molar-refractivity contribution in [2.24, 2.45) is 0 Å². The number of ether oxygens (including phenoxy) is 2. The van der Waals surface area contributed by atoms with Crippen LogP contribution in [0.4, 0.5) is 13.2 Å². The van der Waals surface area contributed by atoms with E-state index in [1.165, 1.54) is 11.3 Å². The molecule has 0 bridgehead atoms. The number of morpholine rings is 1. The smallest absolute Gasteiger partial charge is 0.451 e. The van der Waals surface area contributed by atoms with Gasteiger partial charge in [-0.3, -0.25) is 9.69 Å². The van der Waals surface area contributed by atoms with Crippen molar-refractivity contribution in [1.29, 1.82) is 0 Å². The maximum absolute atomic E-state index is 13.1. The molecular formula is C25H28F3N5O3S. The summed E-state index contributed by atoms with van der Waals surface area (Å²) >= 11 is 1.50. The molecule has 3 heterocycles. The third kappa shape index (κ3) is 7.02. The van der Waals surface area contributed by atoms with Crippen LogP contribution < -0.4 is 10.1 Å². The fraction of sp³-hybridized carbons (Fsp3) is 0.440. The third-order valence-corrected chi connectivity index (χ3v) is 6.88. The van der Waals surface area contributed by atoms with Gasteiger partial charge in [0.25, 0.3) is 5.91 Å². The van der Waals surface area contributed by atoms with Crippen LogP contribution in [0.3, 0.4) is 0 Å². The van der Waals surface area contributed by atoms with Gasteiger partial charge in [0.05, 0.1) is 12.6 Å². The SMILES string of the molecule is CCN1CCO[C@H](COc2cc(C(=O)NC(C)c3cnc(C(F)(F)F)nc3)cc(-c3ncc(C)s3)c2)C1. The number of alkyl halides is 3. The number of carbonyl (C=O) groups excluding carboxylic acids is 1. The number of rotatable bonds is 8. The molecule has 1 amide bonds. The van der Waals surface area contributed by atoms with E-state index in [9.17, 15) is 18.0 Å². The number of carbonyl (C=O) groups is 1. The first kappa shape index (κ1) is 27.0. The predicted octanol–water partition coefficient (Wildman–Crippen LogP) is 4.52. The lowest BCUT2D eigenvalue weighted by Gasteiger charge is -2.31. The average molecular weight is 536 g/mol. The van der Waals surface area contributed by atoms with Crippen molar-refractivity contribution >= 4 is 17.2 Å². The summed E-state index contributed by atoms with van der Waals surface area (Å²) in [7, 11) is 0. The second kappa shape index (κ2) is 11.5. The van der Waals surface area contributed by atoms with Crippen molar-refractivity contribution in [3.63, 3.8) is 0 Å². The lowest BCUT2D eigenvalue weighted by molar-refractivity contribution is -0.145. The number of aryl methyl sites for hydroxylation is 1. The second-order valence-corrected chi connectivity index (χ2v) is 9.99. The summed E-state index contributed by atoms with van der Waals surface area (Å²) in [6.07, 6.45) is -0.832. The Morgan fingerprint density at radius 1 is 1.24 bits per heavy atom. The van der Waals surface area contributed by atoms with Crippen molar-refractivity contribution in [2.45, 2.75) is 39.1 Å². The lowest BCUT2D eigenvalue weighted by atomic mass is 10.1. The van der Waals surface area contributed by atoms with E-state index in [1.54, 1.807) is 25.3 Å². The molecule has 12 heteroatoms. The average Bonchev–Trinajstić information content (AvgIpc) is 3.33. The van der Waals surface area contributed by atoms with Crippen molar-refractivity contribution in [3.8, 4) is 16.3 Å². The van der Waals surface area contributed by atoms with Gasteiger partial charge in [-0.2, -0.15) is 13.2 Å². The van der Waals surface area contributed by atoms with Gasteiger partial charge in [-0.25, -0.2) is 15.0 Å². The maximum Gasteiger partial charge on any atom is 0.451 e. The van der Waals surface area contributed by atoms with Gasteiger partial charge >= 0.3 is 6.18 Å². The van der Waals surface area contributed by atoms with E-state index in [1.807, 2.05) is 13.0 Å². The monoisotopic (exact) mass is 535 g/mol. The molecule has 0 aliphatic carbocycles. The number of likely N-dealkylation sites (N-methyl/N-ethyl adjacent to an activating group) is 1. The highest BCUT2D eigenvalue weighted by Crippen LogP contribution is 2.30. The Morgan fingerprint density at radius 3 is 2.65 bits per heavy atom. The van der Waals surface area contributed by atoms with Crippen LogP contribution in [0.15, 0.2) is 36.8 Å². The molecule has 2 aromatic heterocycles. The molecule has 2 atom stereocenters. The highest BCUT2D eigenvalue weighted by atomic mass is 32.1. The summed E-state index contributed by atoms with van der Waals surface area (Å²) in [6.45, 7) is 9.26. The minimum atomic E-state index is -4.63. The molecule has 1 unspecified atom stereocenters. The number of hydrogen-bond acceptors (Lipinski definition) is 8. The molecule has 1 N–H and O–H groups in total. The molecule has 198 valence electrons. The number of thiazole rings is 1. The summed E-state index contributed by atoms with van der Waals surface area (Å²) in [6, 6.07) is 4.56. The fourth-order valence-electron chi connectivity index (χ4n) is 3.85. The Bertz CT molecular complexity index is 1220. The number of nitrogens with zero attached hydrogens (tertiary/aromatic N) is 4. The first-order valence-corrected chi connectivity index (χ1v) is 12.7. The molecule has 4 rings (SSSR count). The van der Waals surface area contributed by atoms with E-state index in [0.717, 1.165) is 47.5 Å². The van der Waals surface area contributed by atoms with Crippen LogP contribution in [0, 0.1) is 6.92 Å². The highest BCUT2D eigenvalue weighted by molar-refractivity contribution is 7.14. The normalized spacial score (nSPS) is 17.4. The summed E-state index contributed by atoms with van der Waals surface area (Å²) < 4.78 is 50.2. The summed E-state index contributed by atoms with van der Waals surface area (Å²) in [5.41, 5.74) is 1.41. The Balaban J connectivity index is 1.51. The summed E-state index contributed by atoms with van der Waals surface area (Å²) in [4.78, 5) is 27.6. The molecular weight excluding hydrogens is 507 g/mol. The van der Waals surface area contributed by atoms with Crippen LogP contribution in [0.2, 0.25) is 0 Å². The van der Waals surface area contributed by atoms with Crippen LogP contribution in [0.5, 0.6) is 5.75 Å². The zero-order valence-electron chi connectivity index (χ0n) is 20.7. The van der Waals surface area contributed by atoms with E-state index in [-0.39, 0.29) is 6.10 Å². The van der Waals surface area contributed by atoms with Gasteiger partial charge in [0.2, 0.25) is 5.82 Å². The molecule has 1 fully saturated rings.